The molecule has 0 amide bonds. The van der Waals surface area contributed by atoms with Crippen molar-refractivity contribution in [1.82, 2.24) is 0 Å². The molecule has 5 unspecified atom stereocenters. The minimum absolute atomic E-state index is 0.925. The Bertz CT molecular complexity index is 278. The van der Waals surface area contributed by atoms with E-state index >= 15 is 0 Å². The molecule has 0 radical (unpaired) electrons. The molecule has 0 bridgehead atoms. The van der Waals surface area contributed by atoms with Crippen LogP contribution in [0.5, 0.6) is 0 Å². The van der Waals surface area contributed by atoms with Crippen molar-refractivity contribution in [3.63, 3.8) is 0 Å². The summed E-state index contributed by atoms with van der Waals surface area (Å²) < 4.78 is 0. The van der Waals surface area contributed by atoms with E-state index in [1.807, 2.05) is 0 Å². The summed E-state index contributed by atoms with van der Waals surface area (Å²) in [6.07, 6.45) is 17.1. The SMILES string of the molecule is CC(C)C1CCCCC1C1CCCC2CCCCC21. The van der Waals surface area contributed by atoms with Crippen molar-refractivity contribution >= 4 is 0 Å². The zero-order valence-electron chi connectivity index (χ0n) is 13.2. The molecule has 0 aromatic carbocycles. The van der Waals surface area contributed by atoms with E-state index in [2.05, 4.69) is 13.8 Å². The second-order valence-electron chi connectivity index (χ2n) is 8.16. The third-order valence-corrected chi connectivity index (χ3v) is 6.91. The minimum atomic E-state index is 0.925. The fourth-order valence-electron chi connectivity index (χ4n) is 6.07. The summed E-state index contributed by atoms with van der Waals surface area (Å²) in [5, 5.41) is 0. The largest absolute Gasteiger partial charge is 0.0625 e. The predicted molar refractivity (Wildman–Crippen MR) is 83.1 cm³/mol. The Morgan fingerprint density at radius 2 is 1.16 bits per heavy atom. The van der Waals surface area contributed by atoms with Gasteiger partial charge in [-0.25, -0.2) is 0 Å². The molecule has 0 aromatic heterocycles. The topological polar surface area (TPSA) is 0 Å². The molecule has 0 nitrogen and oxygen atoms in total. The molecular weight excluding hydrogens is 228 g/mol. The Morgan fingerprint density at radius 3 is 1.95 bits per heavy atom. The first-order valence-corrected chi connectivity index (χ1v) is 9.27. The van der Waals surface area contributed by atoms with E-state index in [1.165, 1.54) is 32.1 Å². The Labute approximate surface area is 120 Å². The molecule has 0 aliphatic heterocycles. The summed E-state index contributed by atoms with van der Waals surface area (Å²) in [7, 11) is 0. The molecule has 0 saturated heterocycles. The maximum atomic E-state index is 2.49. The minimum Gasteiger partial charge on any atom is -0.0625 e. The van der Waals surface area contributed by atoms with Crippen LogP contribution in [0.3, 0.4) is 0 Å². The standard InChI is InChI=1S/C19H34/c1-14(2)16-10-5-6-12-18(16)19-13-7-9-15-8-3-4-11-17(15)19/h14-19H,3-13H2,1-2H3. The van der Waals surface area contributed by atoms with Gasteiger partial charge < -0.3 is 0 Å². The van der Waals surface area contributed by atoms with E-state index in [0.717, 1.165) is 35.5 Å². The van der Waals surface area contributed by atoms with Crippen molar-refractivity contribution in [3.05, 3.63) is 0 Å². The fraction of sp³-hybridized carbons (Fsp3) is 1.00. The zero-order valence-corrected chi connectivity index (χ0v) is 13.2. The lowest BCUT2D eigenvalue weighted by molar-refractivity contribution is 0.0118. The van der Waals surface area contributed by atoms with Gasteiger partial charge in [-0.3, -0.25) is 0 Å². The maximum absolute atomic E-state index is 2.49. The molecule has 3 fully saturated rings. The van der Waals surface area contributed by atoms with Crippen LogP contribution in [0.4, 0.5) is 0 Å². The highest BCUT2D eigenvalue weighted by Crippen LogP contribution is 2.51. The van der Waals surface area contributed by atoms with Crippen LogP contribution in [0, 0.1) is 35.5 Å². The van der Waals surface area contributed by atoms with Gasteiger partial charge in [0.25, 0.3) is 0 Å². The van der Waals surface area contributed by atoms with Crippen molar-refractivity contribution in [3.8, 4) is 0 Å². The summed E-state index contributed by atoms with van der Waals surface area (Å²) in [5.41, 5.74) is 0. The molecule has 19 heavy (non-hydrogen) atoms. The normalized spacial score (nSPS) is 44.1. The van der Waals surface area contributed by atoms with Gasteiger partial charge in [-0.1, -0.05) is 58.8 Å². The first-order chi connectivity index (χ1) is 9.27. The van der Waals surface area contributed by atoms with Crippen LogP contribution in [0.25, 0.3) is 0 Å². The van der Waals surface area contributed by atoms with Crippen LogP contribution >= 0.6 is 0 Å². The fourth-order valence-corrected chi connectivity index (χ4v) is 6.07. The summed E-state index contributed by atoms with van der Waals surface area (Å²) in [6.45, 7) is 4.98. The molecule has 0 heteroatoms. The molecule has 3 saturated carbocycles. The van der Waals surface area contributed by atoms with Gasteiger partial charge in [-0.15, -0.1) is 0 Å². The van der Waals surface area contributed by atoms with E-state index in [4.69, 9.17) is 0 Å². The number of hydrogen-bond acceptors (Lipinski definition) is 0. The second kappa shape index (κ2) is 6.19. The molecule has 5 atom stereocenters. The van der Waals surface area contributed by atoms with E-state index < -0.39 is 0 Å². The highest BCUT2D eigenvalue weighted by atomic mass is 14.5. The predicted octanol–water partition coefficient (Wildman–Crippen LogP) is 6.06. The molecule has 3 aliphatic rings. The summed E-state index contributed by atoms with van der Waals surface area (Å²) in [5.74, 6) is 6.45. The van der Waals surface area contributed by atoms with Crippen molar-refractivity contribution in [2.24, 2.45) is 35.5 Å². The summed E-state index contributed by atoms with van der Waals surface area (Å²) >= 11 is 0. The highest BCUT2D eigenvalue weighted by Gasteiger charge is 2.42. The first-order valence-electron chi connectivity index (χ1n) is 9.27. The van der Waals surface area contributed by atoms with E-state index in [0.29, 0.717) is 0 Å². The average molecular weight is 262 g/mol. The van der Waals surface area contributed by atoms with Gasteiger partial charge in [-0.2, -0.15) is 0 Å². The molecule has 0 aromatic rings. The van der Waals surface area contributed by atoms with E-state index in [-0.39, 0.29) is 0 Å². The van der Waals surface area contributed by atoms with Crippen LogP contribution in [-0.4, -0.2) is 0 Å². The van der Waals surface area contributed by atoms with Gasteiger partial charge in [0.05, 0.1) is 0 Å². The van der Waals surface area contributed by atoms with Crippen LogP contribution in [0.15, 0.2) is 0 Å². The van der Waals surface area contributed by atoms with Gasteiger partial charge in [0, 0.05) is 0 Å². The molecule has 0 heterocycles. The molecule has 0 spiro atoms. The third kappa shape index (κ3) is 2.88. The molecule has 110 valence electrons. The number of fused-ring (bicyclic) bond motifs is 1. The maximum Gasteiger partial charge on any atom is -0.0352 e. The van der Waals surface area contributed by atoms with Crippen LogP contribution in [-0.2, 0) is 0 Å². The Balaban J connectivity index is 1.74. The van der Waals surface area contributed by atoms with Gasteiger partial charge in [-0.05, 0) is 61.2 Å². The second-order valence-corrected chi connectivity index (χ2v) is 8.16. The van der Waals surface area contributed by atoms with Gasteiger partial charge in [0.2, 0.25) is 0 Å². The van der Waals surface area contributed by atoms with E-state index in [9.17, 15) is 0 Å². The lowest BCUT2D eigenvalue weighted by atomic mass is 9.57. The number of hydrogen-bond donors (Lipinski definition) is 0. The van der Waals surface area contributed by atoms with Crippen LogP contribution < -0.4 is 0 Å². The molecule has 3 aliphatic carbocycles. The zero-order chi connectivity index (χ0) is 13.2. The molecular formula is C19H34. The average Bonchev–Trinajstić information content (AvgIpc) is 2.46. The quantitative estimate of drug-likeness (QED) is 0.568. The monoisotopic (exact) mass is 262 g/mol. The van der Waals surface area contributed by atoms with Crippen molar-refractivity contribution < 1.29 is 0 Å². The lowest BCUT2D eigenvalue weighted by Crippen LogP contribution is -2.40. The smallest absolute Gasteiger partial charge is 0.0352 e. The Morgan fingerprint density at radius 1 is 0.579 bits per heavy atom. The Kier molecular flexibility index (Phi) is 4.54. The van der Waals surface area contributed by atoms with E-state index in [1.54, 1.807) is 38.5 Å². The van der Waals surface area contributed by atoms with Crippen LogP contribution in [0.2, 0.25) is 0 Å². The lowest BCUT2D eigenvalue weighted by Gasteiger charge is -2.49. The summed E-state index contributed by atoms with van der Waals surface area (Å²) in [6, 6.07) is 0. The van der Waals surface area contributed by atoms with Gasteiger partial charge >= 0.3 is 0 Å². The van der Waals surface area contributed by atoms with Gasteiger partial charge in [0.15, 0.2) is 0 Å². The van der Waals surface area contributed by atoms with Crippen molar-refractivity contribution in [2.45, 2.75) is 84.5 Å². The Hall–Kier alpha value is 0. The third-order valence-electron chi connectivity index (χ3n) is 6.91. The number of rotatable bonds is 2. The summed E-state index contributed by atoms with van der Waals surface area (Å²) in [4.78, 5) is 0. The van der Waals surface area contributed by atoms with Gasteiger partial charge in [0.1, 0.15) is 0 Å². The van der Waals surface area contributed by atoms with Crippen molar-refractivity contribution in [1.29, 1.82) is 0 Å². The highest BCUT2D eigenvalue weighted by molar-refractivity contribution is 4.92. The van der Waals surface area contributed by atoms with Crippen molar-refractivity contribution in [2.75, 3.05) is 0 Å². The first kappa shape index (κ1) is 14.0. The van der Waals surface area contributed by atoms with Crippen LogP contribution in [0.1, 0.15) is 84.5 Å². The molecule has 3 rings (SSSR count). The molecule has 0 N–H and O–H groups in total.